The maximum absolute atomic E-state index is 12.8. The number of hydrogen-bond acceptors (Lipinski definition) is 13. The Balaban J connectivity index is 0.706. The number of rotatable bonds is 10. The van der Waals surface area contributed by atoms with Crippen LogP contribution in [0.25, 0.3) is 22.3 Å². The van der Waals surface area contributed by atoms with Gasteiger partial charge in [0.05, 0.1) is 28.3 Å². The molecule has 15 heteroatoms. The number of nitrogens with one attached hydrogen (secondary N) is 2. The zero-order chi connectivity index (χ0) is 42.0. The van der Waals surface area contributed by atoms with Crippen LogP contribution in [0.3, 0.4) is 0 Å². The van der Waals surface area contributed by atoms with Gasteiger partial charge in [0.15, 0.2) is 0 Å². The number of aliphatic hydroxyl groups is 1. The van der Waals surface area contributed by atoms with E-state index in [0.717, 1.165) is 148 Å². The van der Waals surface area contributed by atoms with Crippen LogP contribution in [0.1, 0.15) is 72.1 Å². The summed E-state index contributed by atoms with van der Waals surface area (Å²) >= 11 is 0. The Morgan fingerprint density at radius 3 is 2.33 bits per heavy atom. The number of benzene rings is 2. The smallest absolute Gasteiger partial charge is 0.249 e. The number of para-hydroxylation sites is 1. The minimum absolute atomic E-state index is 0.0401. The summed E-state index contributed by atoms with van der Waals surface area (Å²) in [7, 11) is 1.89. The third-order valence-corrected chi connectivity index (χ3v) is 14.6. The normalized spacial score (nSPS) is 25.0. The molecule has 2 aromatic carbocycles. The lowest BCUT2D eigenvalue weighted by atomic mass is 9.90. The molecule has 0 spiro atoms. The summed E-state index contributed by atoms with van der Waals surface area (Å²) in [5.41, 5.74) is 5.59. The fraction of sp³-hybridized carbons (Fsp3) is 0.587. The molecule has 1 aliphatic carbocycles. The van der Waals surface area contributed by atoms with Gasteiger partial charge in [0.25, 0.3) is 0 Å². The van der Waals surface area contributed by atoms with Crippen LogP contribution in [0, 0.1) is 11.8 Å². The number of piperidine rings is 3. The van der Waals surface area contributed by atoms with Crippen molar-refractivity contribution in [3.05, 3.63) is 48.8 Å². The molecule has 0 radical (unpaired) electrons. The Bertz CT molecular complexity index is 2280. The van der Waals surface area contributed by atoms with E-state index >= 15 is 0 Å². The molecular formula is C46H61N11O4. The number of carbonyl (C=O) groups is 2. The second-order valence-electron chi connectivity index (χ2n) is 19.4. The lowest BCUT2D eigenvalue weighted by Crippen LogP contribution is -2.61. The van der Waals surface area contributed by atoms with Crippen LogP contribution in [0.15, 0.2) is 48.8 Å². The monoisotopic (exact) mass is 831 g/mol. The van der Waals surface area contributed by atoms with Crippen molar-refractivity contribution in [3.63, 3.8) is 0 Å². The molecule has 4 aromatic rings. The van der Waals surface area contributed by atoms with Crippen LogP contribution in [0.5, 0.6) is 5.75 Å². The number of fused-ring (bicyclic) bond motifs is 2. The molecule has 7 heterocycles. The maximum atomic E-state index is 12.8. The number of nitrogens with zero attached hydrogens (tertiary/aromatic N) is 9. The van der Waals surface area contributed by atoms with Crippen molar-refractivity contribution < 1.29 is 19.4 Å². The standard InChI is InChI=1S/C46H61N11O4/c1-45(2)28-53(26-30-12-18-54(19-13-30)36-6-5-7-37-42(36)52(4)44(60)57(37)38-10-11-40(58)49-43(38)59)22-23-56(45)27-31-14-20-55(21-15-31)39-25-35(47-29-48-39)41-33-24-32(61-46(3)16-17-46)8-9-34(33)50-51-41/h5-9,24-25,29-31,38,44,60H,10-23,26-28H2,1-4H3,(H,50,51)(H,49,58,59). The molecule has 2 amide bonds. The van der Waals surface area contributed by atoms with Gasteiger partial charge in [-0.1, -0.05) is 6.07 Å². The van der Waals surface area contributed by atoms with Crippen molar-refractivity contribution in [2.24, 2.45) is 11.8 Å². The summed E-state index contributed by atoms with van der Waals surface area (Å²) in [6.07, 6.45) is 8.09. The van der Waals surface area contributed by atoms with Gasteiger partial charge in [0.2, 0.25) is 18.2 Å². The number of aromatic nitrogens is 4. The van der Waals surface area contributed by atoms with E-state index in [0.29, 0.717) is 18.3 Å². The maximum Gasteiger partial charge on any atom is 0.249 e. The van der Waals surface area contributed by atoms with Crippen LogP contribution in [0.2, 0.25) is 0 Å². The molecule has 5 aliphatic heterocycles. The zero-order valence-electron chi connectivity index (χ0n) is 36.1. The third kappa shape index (κ3) is 7.89. The molecule has 15 nitrogen and oxygen atoms in total. The van der Waals surface area contributed by atoms with Crippen molar-refractivity contribution >= 4 is 45.6 Å². The van der Waals surface area contributed by atoms with E-state index in [4.69, 9.17) is 9.72 Å². The number of amides is 2. The SMILES string of the molecule is CN1c2c(N3CCC(CN4CCN(CC5CCN(c6cc(-c7n[nH]c8ccc(OC9(C)CC9)cc78)ncn6)CC5)C(C)(C)C4)CC3)cccc2N(C2CCC(=O)NC2=O)C1O. The lowest BCUT2D eigenvalue weighted by Gasteiger charge is -2.50. The van der Waals surface area contributed by atoms with Crippen LogP contribution >= 0.6 is 0 Å². The molecule has 5 fully saturated rings. The zero-order valence-corrected chi connectivity index (χ0v) is 36.1. The molecule has 3 N–H and O–H groups in total. The van der Waals surface area contributed by atoms with Gasteiger partial charge in [-0.15, -0.1) is 0 Å². The highest BCUT2D eigenvalue weighted by Crippen LogP contribution is 2.47. The van der Waals surface area contributed by atoms with Crippen molar-refractivity contribution in [2.75, 3.05) is 85.6 Å². The largest absolute Gasteiger partial charge is 0.488 e. The van der Waals surface area contributed by atoms with Gasteiger partial charge < -0.3 is 29.4 Å². The van der Waals surface area contributed by atoms with Crippen LogP contribution in [-0.4, -0.2) is 136 Å². The summed E-state index contributed by atoms with van der Waals surface area (Å²) in [5, 5.41) is 22.6. The molecule has 10 rings (SSSR count). The van der Waals surface area contributed by atoms with Crippen molar-refractivity contribution in [2.45, 2.75) is 95.7 Å². The molecule has 4 saturated heterocycles. The quantitative estimate of drug-likeness (QED) is 0.188. The highest BCUT2D eigenvalue weighted by Gasteiger charge is 2.44. The van der Waals surface area contributed by atoms with E-state index < -0.39 is 12.4 Å². The Kier molecular flexibility index (Phi) is 10.3. The predicted octanol–water partition coefficient (Wildman–Crippen LogP) is 4.82. The Labute approximate surface area is 358 Å². The van der Waals surface area contributed by atoms with Crippen LogP contribution in [-0.2, 0) is 9.59 Å². The molecule has 2 aromatic heterocycles. The average Bonchev–Trinajstić information content (AvgIpc) is 3.73. The molecule has 61 heavy (non-hydrogen) atoms. The molecule has 0 bridgehead atoms. The summed E-state index contributed by atoms with van der Waals surface area (Å²) in [5.74, 6) is 2.54. The fourth-order valence-corrected chi connectivity index (χ4v) is 10.7. The minimum atomic E-state index is -0.966. The van der Waals surface area contributed by atoms with Gasteiger partial charge >= 0.3 is 0 Å². The lowest BCUT2D eigenvalue weighted by molar-refractivity contribution is -0.134. The highest BCUT2D eigenvalue weighted by molar-refractivity contribution is 6.03. The number of carbonyl (C=O) groups excluding carboxylic acids is 2. The van der Waals surface area contributed by atoms with Gasteiger partial charge in [-0.2, -0.15) is 5.10 Å². The first-order chi connectivity index (χ1) is 29.4. The molecule has 324 valence electrons. The van der Waals surface area contributed by atoms with Gasteiger partial charge in [0, 0.05) is 89.4 Å². The van der Waals surface area contributed by atoms with E-state index in [1.807, 2.05) is 36.2 Å². The Morgan fingerprint density at radius 1 is 0.852 bits per heavy atom. The van der Waals surface area contributed by atoms with Crippen molar-refractivity contribution in [1.82, 2.24) is 35.3 Å². The van der Waals surface area contributed by atoms with Crippen LogP contribution < -0.4 is 29.7 Å². The number of hydrogen-bond donors (Lipinski definition) is 3. The number of aliphatic hydroxyl groups excluding tert-OH is 1. The Morgan fingerprint density at radius 2 is 1.59 bits per heavy atom. The van der Waals surface area contributed by atoms with Gasteiger partial charge in [-0.05, 0) is 108 Å². The second-order valence-corrected chi connectivity index (χ2v) is 19.4. The topological polar surface area (TPSA) is 150 Å². The number of aromatic amines is 1. The molecule has 6 aliphatic rings. The van der Waals surface area contributed by atoms with E-state index in [-0.39, 0.29) is 29.4 Å². The van der Waals surface area contributed by atoms with Crippen molar-refractivity contribution in [3.8, 4) is 17.1 Å². The number of ether oxygens (including phenoxy) is 1. The summed E-state index contributed by atoms with van der Waals surface area (Å²) in [6.45, 7) is 16.4. The number of H-pyrrole nitrogens is 1. The van der Waals surface area contributed by atoms with Crippen LogP contribution in [0.4, 0.5) is 22.9 Å². The first-order valence-corrected chi connectivity index (χ1v) is 22.5. The predicted molar refractivity (Wildman–Crippen MR) is 237 cm³/mol. The minimum Gasteiger partial charge on any atom is -0.488 e. The number of piperazine rings is 1. The molecule has 1 saturated carbocycles. The van der Waals surface area contributed by atoms with Gasteiger partial charge in [0.1, 0.15) is 35.2 Å². The third-order valence-electron chi connectivity index (χ3n) is 14.6. The molecular weight excluding hydrogens is 771 g/mol. The van der Waals surface area contributed by atoms with Gasteiger partial charge in [-0.3, -0.25) is 29.8 Å². The van der Waals surface area contributed by atoms with E-state index in [1.165, 1.54) is 0 Å². The summed E-state index contributed by atoms with van der Waals surface area (Å²) in [6, 6.07) is 13.8. The average molecular weight is 832 g/mol. The number of imide groups is 1. The summed E-state index contributed by atoms with van der Waals surface area (Å²) in [4.78, 5) is 48.0. The first kappa shape index (κ1) is 40.1. The second kappa shape index (κ2) is 15.7. The highest BCUT2D eigenvalue weighted by atomic mass is 16.5. The molecule has 2 atom stereocenters. The van der Waals surface area contributed by atoms with E-state index in [2.05, 4.69) is 79.1 Å². The Hall–Kier alpha value is -4.99. The first-order valence-electron chi connectivity index (χ1n) is 22.5. The number of anilines is 4. The van der Waals surface area contributed by atoms with Gasteiger partial charge in [-0.25, -0.2) is 9.97 Å². The fourth-order valence-electron chi connectivity index (χ4n) is 10.7. The van der Waals surface area contributed by atoms with E-state index in [9.17, 15) is 14.7 Å². The van der Waals surface area contributed by atoms with E-state index in [1.54, 1.807) is 11.2 Å². The van der Waals surface area contributed by atoms with Crippen molar-refractivity contribution in [1.29, 1.82) is 0 Å². The summed E-state index contributed by atoms with van der Waals surface area (Å²) < 4.78 is 6.25. The molecule has 2 unspecified atom stereocenters.